The van der Waals surface area contributed by atoms with Crippen molar-refractivity contribution in [3.8, 4) is 11.1 Å². The van der Waals surface area contributed by atoms with E-state index in [-0.39, 0.29) is 37.4 Å². The fourth-order valence-corrected chi connectivity index (χ4v) is 5.45. The van der Waals surface area contributed by atoms with Gasteiger partial charge in [0.05, 0.1) is 12.7 Å². The van der Waals surface area contributed by atoms with E-state index in [9.17, 15) is 14.4 Å². The van der Waals surface area contributed by atoms with Gasteiger partial charge in [-0.05, 0) is 53.5 Å². The summed E-state index contributed by atoms with van der Waals surface area (Å²) in [7, 11) is 0. The molecule has 1 aliphatic carbocycles. The summed E-state index contributed by atoms with van der Waals surface area (Å²) in [5.74, 6) is -1.12. The second-order valence-electron chi connectivity index (χ2n) is 10.7. The molecule has 3 unspecified atom stereocenters. The zero-order valence-electron chi connectivity index (χ0n) is 24.3. The quantitative estimate of drug-likeness (QED) is 0.209. The van der Waals surface area contributed by atoms with E-state index in [4.69, 9.17) is 14.6 Å². The molecule has 1 aliphatic rings. The van der Waals surface area contributed by atoms with Crippen LogP contribution in [0.5, 0.6) is 0 Å². The summed E-state index contributed by atoms with van der Waals surface area (Å²) in [5, 5.41) is 14.6. The first kappa shape index (κ1) is 30.8. The number of carboxylic acids is 1. The lowest BCUT2D eigenvalue weighted by Crippen LogP contribution is -2.53. The standard InChI is InChI=1S/C34H40N2O6/c1-3-24(17-18-31(37)38)19-20-35-33(39)32(23(2)41-21-25-11-5-4-6-12-25)36-34(40)42-22-30-28-15-9-7-13-26(28)27-14-8-10-16-29(27)30/h4-16,23-24,30,32H,3,17-22H2,1-2H3,(H,35,39)(H,36,40)(H,37,38). The third-order valence-corrected chi connectivity index (χ3v) is 7.92. The number of aliphatic carboxylic acids is 1. The van der Waals surface area contributed by atoms with Gasteiger partial charge in [0.25, 0.3) is 0 Å². The zero-order chi connectivity index (χ0) is 29.9. The van der Waals surface area contributed by atoms with Gasteiger partial charge in [-0.25, -0.2) is 4.79 Å². The van der Waals surface area contributed by atoms with Gasteiger partial charge in [0.2, 0.25) is 5.91 Å². The van der Waals surface area contributed by atoms with E-state index in [0.717, 1.165) is 34.2 Å². The van der Waals surface area contributed by atoms with Gasteiger partial charge in [-0.2, -0.15) is 0 Å². The Morgan fingerprint density at radius 3 is 2.12 bits per heavy atom. The van der Waals surface area contributed by atoms with Crippen LogP contribution in [-0.4, -0.2) is 48.4 Å². The molecule has 0 bridgehead atoms. The van der Waals surface area contributed by atoms with Crippen molar-refractivity contribution in [3.05, 3.63) is 95.6 Å². The molecule has 0 aromatic heterocycles. The maximum Gasteiger partial charge on any atom is 0.407 e. The van der Waals surface area contributed by atoms with Gasteiger partial charge in [0, 0.05) is 18.9 Å². The average molecular weight is 573 g/mol. The minimum atomic E-state index is -0.983. The van der Waals surface area contributed by atoms with Crippen LogP contribution in [0, 0.1) is 5.92 Å². The number of ether oxygens (including phenoxy) is 2. The molecule has 3 aromatic rings. The average Bonchev–Trinajstić information content (AvgIpc) is 3.33. The number of rotatable bonds is 15. The van der Waals surface area contributed by atoms with Crippen LogP contribution in [0.3, 0.4) is 0 Å². The number of hydrogen-bond donors (Lipinski definition) is 3. The Labute approximate surface area is 247 Å². The van der Waals surface area contributed by atoms with Crippen molar-refractivity contribution in [3.63, 3.8) is 0 Å². The van der Waals surface area contributed by atoms with E-state index in [0.29, 0.717) is 19.4 Å². The largest absolute Gasteiger partial charge is 0.481 e. The SMILES string of the molecule is CCC(CCNC(=O)C(NC(=O)OCC1c2ccccc2-c2ccccc21)C(C)OCc1ccccc1)CCC(=O)O. The number of carboxylic acid groups (broad SMARTS) is 1. The van der Waals surface area contributed by atoms with Crippen LogP contribution in [0.15, 0.2) is 78.9 Å². The minimum absolute atomic E-state index is 0.0982. The van der Waals surface area contributed by atoms with Crippen LogP contribution in [0.1, 0.15) is 62.1 Å². The minimum Gasteiger partial charge on any atom is -0.481 e. The lowest BCUT2D eigenvalue weighted by Gasteiger charge is -2.25. The molecule has 0 saturated heterocycles. The zero-order valence-corrected chi connectivity index (χ0v) is 24.3. The molecule has 0 fully saturated rings. The summed E-state index contributed by atoms with van der Waals surface area (Å²) in [6.45, 7) is 4.54. The van der Waals surface area contributed by atoms with Crippen molar-refractivity contribution in [1.82, 2.24) is 10.6 Å². The summed E-state index contributed by atoms with van der Waals surface area (Å²) in [5.41, 5.74) is 5.43. The molecule has 0 heterocycles. The number of benzene rings is 3. The van der Waals surface area contributed by atoms with Gasteiger partial charge in [-0.15, -0.1) is 0 Å². The van der Waals surface area contributed by atoms with Crippen LogP contribution in [0.25, 0.3) is 11.1 Å². The Bertz CT molecular complexity index is 1300. The second kappa shape index (κ2) is 15.2. The third-order valence-electron chi connectivity index (χ3n) is 7.92. The summed E-state index contributed by atoms with van der Waals surface area (Å²) in [6, 6.07) is 24.8. The monoisotopic (exact) mass is 572 g/mol. The number of alkyl carbamates (subject to hydrolysis) is 1. The molecule has 3 N–H and O–H groups in total. The van der Waals surface area contributed by atoms with Crippen molar-refractivity contribution < 1.29 is 29.0 Å². The number of fused-ring (bicyclic) bond motifs is 3. The molecule has 8 heteroatoms. The third kappa shape index (κ3) is 8.19. The Hall–Kier alpha value is -4.17. The van der Waals surface area contributed by atoms with E-state index in [1.807, 2.05) is 61.5 Å². The highest BCUT2D eigenvalue weighted by Gasteiger charge is 2.31. The number of carbonyl (C=O) groups excluding carboxylic acids is 2. The van der Waals surface area contributed by atoms with E-state index < -0.39 is 24.2 Å². The van der Waals surface area contributed by atoms with Crippen molar-refractivity contribution in [2.45, 2.75) is 64.2 Å². The lowest BCUT2D eigenvalue weighted by atomic mass is 9.96. The first-order chi connectivity index (χ1) is 20.4. The van der Waals surface area contributed by atoms with E-state index in [2.05, 4.69) is 34.9 Å². The molecule has 2 amide bonds. The highest BCUT2D eigenvalue weighted by atomic mass is 16.5. The normalized spacial score (nSPS) is 14.2. The fraction of sp³-hybridized carbons (Fsp3) is 0.382. The lowest BCUT2D eigenvalue weighted by molar-refractivity contribution is -0.137. The number of hydrogen-bond acceptors (Lipinski definition) is 5. The van der Waals surface area contributed by atoms with Crippen LogP contribution in [-0.2, 0) is 25.7 Å². The number of amides is 2. The Morgan fingerprint density at radius 2 is 1.50 bits per heavy atom. The molecule has 222 valence electrons. The second-order valence-corrected chi connectivity index (χ2v) is 10.7. The van der Waals surface area contributed by atoms with Crippen LogP contribution in [0.4, 0.5) is 4.79 Å². The highest BCUT2D eigenvalue weighted by Crippen LogP contribution is 2.44. The summed E-state index contributed by atoms with van der Waals surface area (Å²) in [6.07, 6.45) is 0.788. The summed E-state index contributed by atoms with van der Waals surface area (Å²) in [4.78, 5) is 37.3. The Balaban J connectivity index is 1.38. The topological polar surface area (TPSA) is 114 Å². The van der Waals surface area contributed by atoms with E-state index in [1.165, 1.54) is 0 Å². The fourth-order valence-electron chi connectivity index (χ4n) is 5.45. The van der Waals surface area contributed by atoms with Gasteiger partial charge in [-0.1, -0.05) is 92.2 Å². The van der Waals surface area contributed by atoms with Crippen LogP contribution < -0.4 is 10.6 Å². The first-order valence-electron chi connectivity index (χ1n) is 14.6. The number of nitrogens with one attached hydrogen (secondary N) is 2. The number of carbonyl (C=O) groups is 3. The van der Waals surface area contributed by atoms with E-state index in [1.54, 1.807) is 6.92 Å². The predicted octanol–water partition coefficient (Wildman–Crippen LogP) is 5.90. The maximum atomic E-state index is 13.3. The van der Waals surface area contributed by atoms with Crippen molar-refractivity contribution in [2.24, 2.45) is 5.92 Å². The van der Waals surface area contributed by atoms with E-state index >= 15 is 0 Å². The molecular weight excluding hydrogens is 532 g/mol. The highest BCUT2D eigenvalue weighted by molar-refractivity contribution is 5.86. The van der Waals surface area contributed by atoms with Crippen LogP contribution >= 0.6 is 0 Å². The molecule has 4 rings (SSSR count). The van der Waals surface area contributed by atoms with Gasteiger partial charge in [0.15, 0.2) is 0 Å². The van der Waals surface area contributed by atoms with Gasteiger partial charge in [0.1, 0.15) is 12.6 Å². The molecule has 3 aromatic carbocycles. The molecular formula is C34H40N2O6. The molecule has 0 spiro atoms. The van der Waals surface area contributed by atoms with Crippen molar-refractivity contribution in [1.29, 1.82) is 0 Å². The summed E-state index contributed by atoms with van der Waals surface area (Å²) < 4.78 is 11.7. The molecule has 42 heavy (non-hydrogen) atoms. The molecule has 0 radical (unpaired) electrons. The molecule has 0 aliphatic heterocycles. The molecule has 0 saturated carbocycles. The first-order valence-corrected chi connectivity index (χ1v) is 14.6. The predicted molar refractivity (Wildman–Crippen MR) is 161 cm³/mol. The smallest absolute Gasteiger partial charge is 0.407 e. The maximum absolute atomic E-state index is 13.3. The summed E-state index contributed by atoms with van der Waals surface area (Å²) >= 11 is 0. The van der Waals surface area contributed by atoms with Crippen molar-refractivity contribution >= 4 is 18.0 Å². The molecule has 8 nitrogen and oxygen atoms in total. The van der Waals surface area contributed by atoms with Crippen molar-refractivity contribution in [2.75, 3.05) is 13.2 Å². The Morgan fingerprint density at radius 1 is 0.881 bits per heavy atom. The van der Waals surface area contributed by atoms with Gasteiger partial charge >= 0.3 is 12.1 Å². The van der Waals surface area contributed by atoms with Gasteiger partial charge < -0.3 is 25.2 Å². The van der Waals surface area contributed by atoms with Crippen LogP contribution in [0.2, 0.25) is 0 Å². The Kier molecular flexibility index (Phi) is 11.1. The molecule has 3 atom stereocenters. The van der Waals surface area contributed by atoms with Gasteiger partial charge in [-0.3, -0.25) is 9.59 Å².